The van der Waals surface area contributed by atoms with Crippen LogP contribution in [0.5, 0.6) is 0 Å². The summed E-state index contributed by atoms with van der Waals surface area (Å²) >= 11 is 0. The molecule has 36 heavy (non-hydrogen) atoms. The highest BCUT2D eigenvalue weighted by atomic mass is 14.5. The summed E-state index contributed by atoms with van der Waals surface area (Å²) in [5, 5.41) is 2.50. The summed E-state index contributed by atoms with van der Waals surface area (Å²) in [6, 6.07) is 22.1. The van der Waals surface area contributed by atoms with Crippen LogP contribution in [-0.2, 0) is 5.41 Å². The average Bonchev–Trinajstić information content (AvgIpc) is 3.21. The van der Waals surface area contributed by atoms with Crippen molar-refractivity contribution in [1.29, 1.82) is 0 Å². The van der Waals surface area contributed by atoms with Gasteiger partial charge in [0.15, 0.2) is 0 Å². The minimum atomic E-state index is -0.439. The molecular formula is C36H44. The zero-order valence-electron chi connectivity index (χ0n) is 22.3. The SMILES string of the molecule is C.C=C/C=C\C(=C/C)C1(/C(C=C)=C/C=C\C)c2ccccc2-c2cc3ccccc3cc21.CC.CC. The monoisotopic (exact) mass is 476 g/mol. The summed E-state index contributed by atoms with van der Waals surface area (Å²) in [5.74, 6) is 0. The van der Waals surface area contributed by atoms with Gasteiger partial charge in [0.1, 0.15) is 0 Å². The number of hydrogen-bond donors (Lipinski definition) is 0. The first-order valence-corrected chi connectivity index (χ1v) is 12.8. The summed E-state index contributed by atoms with van der Waals surface area (Å²) in [6.45, 7) is 20.3. The minimum absolute atomic E-state index is 0. The quantitative estimate of drug-likeness (QED) is 0.310. The van der Waals surface area contributed by atoms with Crippen molar-refractivity contribution in [3.8, 4) is 11.1 Å². The molecule has 0 amide bonds. The number of benzene rings is 3. The molecule has 0 aliphatic heterocycles. The van der Waals surface area contributed by atoms with Gasteiger partial charge in [-0.1, -0.05) is 145 Å². The topological polar surface area (TPSA) is 0 Å². The van der Waals surface area contributed by atoms with E-state index in [4.69, 9.17) is 0 Å². The average molecular weight is 477 g/mol. The fourth-order valence-electron chi connectivity index (χ4n) is 4.91. The Balaban J connectivity index is 0.00000123. The smallest absolute Gasteiger partial charge is 0.0710 e. The van der Waals surface area contributed by atoms with Crippen molar-refractivity contribution in [2.24, 2.45) is 0 Å². The molecule has 1 atom stereocenters. The lowest BCUT2D eigenvalue weighted by molar-refractivity contribution is 0.765. The van der Waals surface area contributed by atoms with Crippen LogP contribution in [0, 0.1) is 0 Å². The Morgan fingerprint density at radius 1 is 0.722 bits per heavy atom. The van der Waals surface area contributed by atoms with Crippen LogP contribution in [-0.4, -0.2) is 0 Å². The highest BCUT2D eigenvalue weighted by Gasteiger charge is 2.46. The fraction of sp³-hybridized carbons (Fsp3) is 0.222. The summed E-state index contributed by atoms with van der Waals surface area (Å²) in [5.41, 5.74) is 7.09. The van der Waals surface area contributed by atoms with Crippen molar-refractivity contribution < 1.29 is 0 Å². The summed E-state index contributed by atoms with van der Waals surface area (Å²) < 4.78 is 0. The van der Waals surface area contributed by atoms with E-state index in [1.54, 1.807) is 0 Å². The van der Waals surface area contributed by atoms with Gasteiger partial charge in [0.2, 0.25) is 0 Å². The Labute approximate surface area is 220 Å². The molecule has 1 aliphatic carbocycles. The highest BCUT2D eigenvalue weighted by Crippen LogP contribution is 2.57. The van der Waals surface area contributed by atoms with Gasteiger partial charge in [-0.15, -0.1) is 0 Å². The molecule has 0 heteroatoms. The first kappa shape index (κ1) is 30.4. The largest absolute Gasteiger partial charge is 0.0991 e. The molecule has 0 N–H and O–H groups in total. The first-order chi connectivity index (χ1) is 17.2. The predicted molar refractivity (Wildman–Crippen MR) is 166 cm³/mol. The zero-order chi connectivity index (χ0) is 25.8. The van der Waals surface area contributed by atoms with E-state index in [-0.39, 0.29) is 7.43 Å². The molecule has 0 nitrogen and oxygen atoms in total. The van der Waals surface area contributed by atoms with Crippen LogP contribution >= 0.6 is 0 Å². The molecule has 0 heterocycles. The van der Waals surface area contributed by atoms with Crippen molar-refractivity contribution in [3.05, 3.63) is 145 Å². The van der Waals surface area contributed by atoms with Crippen molar-refractivity contribution in [2.45, 2.75) is 54.4 Å². The Morgan fingerprint density at radius 2 is 1.33 bits per heavy atom. The first-order valence-electron chi connectivity index (χ1n) is 12.8. The van der Waals surface area contributed by atoms with E-state index in [0.29, 0.717) is 0 Å². The van der Waals surface area contributed by atoms with Crippen LogP contribution in [0.25, 0.3) is 21.9 Å². The highest BCUT2D eigenvalue weighted by molar-refractivity contribution is 5.96. The third-order valence-electron chi connectivity index (χ3n) is 6.19. The van der Waals surface area contributed by atoms with E-state index in [1.807, 2.05) is 52.8 Å². The second-order valence-electron chi connectivity index (χ2n) is 7.73. The van der Waals surface area contributed by atoms with Gasteiger partial charge in [-0.2, -0.15) is 0 Å². The zero-order valence-corrected chi connectivity index (χ0v) is 22.3. The normalized spacial score (nSPS) is 16.3. The maximum absolute atomic E-state index is 4.24. The molecule has 188 valence electrons. The number of allylic oxidation sites excluding steroid dienone is 10. The molecule has 0 aromatic heterocycles. The van der Waals surface area contributed by atoms with E-state index in [2.05, 4.69) is 111 Å². The van der Waals surface area contributed by atoms with Gasteiger partial charge in [-0.25, -0.2) is 0 Å². The van der Waals surface area contributed by atoms with E-state index in [1.165, 1.54) is 38.6 Å². The van der Waals surface area contributed by atoms with Gasteiger partial charge in [-0.3, -0.25) is 0 Å². The molecular weight excluding hydrogens is 432 g/mol. The van der Waals surface area contributed by atoms with Crippen LogP contribution in [0.1, 0.15) is 60.1 Å². The third-order valence-corrected chi connectivity index (χ3v) is 6.19. The van der Waals surface area contributed by atoms with Crippen LogP contribution in [0.3, 0.4) is 0 Å². The van der Waals surface area contributed by atoms with Crippen molar-refractivity contribution in [3.63, 3.8) is 0 Å². The van der Waals surface area contributed by atoms with Crippen LogP contribution < -0.4 is 0 Å². The Bertz CT molecular complexity index is 1280. The van der Waals surface area contributed by atoms with Gasteiger partial charge in [0, 0.05) is 0 Å². The van der Waals surface area contributed by atoms with E-state index in [0.717, 1.165) is 5.57 Å². The van der Waals surface area contributed by atoms with E-state index in [9.17, 15) is 0 Å². The molecule has 3 aromatic rings. The van der Waals surface area contributed by atoms with E-state index >= 15 is 0 Å². The summed E-state index contributed by atoms with van der Waals surface area (Å²) in [6.07, 6.45) is 16.6. The van der Waals surface area contributed by atoms with Crippen molar-refractivity contribution in [1.82, 2.24) is 0 Å². The van der Waals surface area contributed by atoms with Gasteiger partial charge >= 0.3 is 0 Å². The second kappa shape index (κ2) is 14.7. The lowest BCUT2D eigenvalue weighted by Crippen LogP contribution is -2.29. The Morgan fingerprint density at radius 3 is 1.92 bits per heavy atom. The Kier molecular flexibility index (Phi) is 12.4. The predicted octanol–water partition coefficient (Wildman–Crippen LogP) is 11.2. The van der Waals surface area contributed by atoms with E-state index < -0.39 is 5.41 Å². The molecule has 0 bridgehead atoms. The molecule has 1 aliphatic rings. The Hall–Kier alpha value is -3.64. The number of fused-ring (bicyclic) bond motifs is 4. The lowest BCUT2D eigenvalue weighted by atomic mass is 9.66. The van der Waals surface area contributed by atoms with Gasteiger partial charge in [0.25, 0.3) is 0 Å². The molecule has 1 unspecified atom stereocenters. The summed E-state index contributed by atoms with van der Waals surface area (Å²) in [7, 11) is 0. The molecule has 0 spiro atoms. The molecule has 3 aromatic carbocycles. The van der Waals surface area contributed by atoms with Gasteiger partial charge < -0.3 is 0 Å². The summed E-state index contributed by atoms with van der Waals surface area (Å²) in [4.78, 5) is 0. The molecule has 4 rings (SSSR count). The third kappa shape index (κ3) is 5.29. The lowest BCUT2D eigenvalue weighted by Gasteiger charge is -2.35. The molecule has 0 fully saturated rings. The minimum Gasteiger partial charge on any atom is -0.0991 e. The number of hydrogen-bond acceptors (Lipinski definition) is 0. The van der Waals surface area contributed by atoms with Crippen LogP contribution in [0.2, 0.25) is 0 Å². The second-order valence-corrected chi connectivity index (χ2v) is 7.73. The van der Waals surface area contributed by atoms with Crippen LogP contribution in [0.15, 0.2) is 134 Å². The standard InChI is InChI=1S/C31H28.2C2H6.CH4/c1-5-9-17-25(7-3)31(26(8-4)18-10-6-2)29-20-14-13-19-27(29)28-21-23-15-11-12-16-24(23)22-30(28)31;2*1-2;/h5-22H,1,4H2,2-3H3;2*1-2H3;1H4/b10-6-,17-9-,25-7+,26-18+;;;. The fourth-order valence-corrected chi connectivity index (χ4v) is 4.91. The number of rotatable bonds is 6. The maximum atomic E-state index is 4.24. The maximum Gasteiger partial charge on any atom is 0.0710 e. The molecule has 0 radical (unpaired) electrons. The van der Waals surface area contributed by atoms with Gasteiger partial charge in [0.05, 0.1) is 5.41 Å². The van der Waals surface area contributed by atoms with Crippen molar-refractivity contribution >= 4 is 10.8 Å². The van der Waals surface area contributed by atoms with Crippen LogP contribution in [0.4, 0.5) is 0 Å². The van der Waals surface area contributed by atoms with Crippen molar-refractivity contribution in [2.75, 3.05) is 0 Å². The van der Waals surface area contributed by atoms with Gasteiger partial charge in [-0.05, 0) is 70.2 Å². The molecule has 0 saturated carbocycles. The molecule has 0 saturated heterocycles.